The van der Waals surface area contributed by atoms with Crippen LogP contribution in [0.4, 0.5) is 5.82 Å². The lowest BCUT2D eigenvalue weighted by molar-refractivity contribution is -0.138. The van der Waals surface area contributed by atoms with Gasteiger partial charge in [-0.15, -0.1) is 0 Å². The molecule has 1 heterocycles. The fraction of sp³-hybridized carbons (Fsp3) is 0.667. The predicted molar refractivity (Wildman–Crippen MR) is 82.6 cm³/mol. The fourth-order valence-electron chi connectivity index (χ4n) is 2.24. The van der Waals surface area contributed by atoms with Crippen molar-refractivity contribution in [1.82, 2.24) is 9.97 Å². The molecule has 6 nitrogen and oxygen atoms in total. The van der Waals surface area contributed by atoms with E-state index in [1.807, 2.05) is 13.8 Å². The van der Waals surface area contributed by atoms with Crippen molar-refractivity contribution in [2.75, 3.05) is 11.9 Å². The van der Waals surface area contributed by atoms with E-state index in [2.05, 4.69) is 29.1 Å². The monoisotopic (exact) mass is 295 g/mol. The molecule has 1 aromatic heterocycles. The van der Waals surface area contributed by atoms with Crippen LogP contribution in [0.3, 0.4) is 0 Å². The van der Waals surface area contributed by atoms with E-state index in [0.29, 0.717) is 24.1 Å². The lowest BCUT2D eigenvalue weighted by atomic mass is 9.94. The smallest absolute Gasteiger partial charge is 0.303 e. The number of aromatic nitrogens is 2. The summed E-state index contributed by atoms with van der Waals surface area (Å²) in [6.07, 6.45) is 0.935. The number of hydrogen-bond donors (Lipinski definition) is 3. The van der Waals surface area contributed by atoms with Crippen LogP contribution in [0.5, 0.6) is 0 Å². The van der Waals surface area contributed by atoms with Crippen LogP contribution in [0.2, 0.25) is 0 Å². The van der Waals surface area contributed by atoms with Gasteiger partial charge < -0.3 is 15.4 Å². The third kappa shape index (κ3) is 6.42. The highest BCUT2D eigenvalue weighted by atomic mass is 16.4. The SMILES string of the molecule is CC(C)CC(CNc1cc(=O)[nH]c(C(C)C)n1)CC(=O)O. The van der Waals surface area contributed by atoms with Gasteiger partial charge in [-0.1, -0.05) is 27.7 Å². The predicted octanol–water partition coefficient (Wildman–Crippen LogP) is 2.44. The topological polar surface area (TPSA) is 95.1 Å². The second kappa shape index (κ2) is 7.81. The van der Waals surface area contributed by atoms with Crippen LogP contribution in [0, 0.1) is 11.8 Å². The summed E-state index contributed by atoms with van der Waals surface area (Å²) < 4.78 is 0. The molecule has 0 spiro atoms. The molecular formula is C15H25N3O3. The summed E-state index contributed by atoms with van der Waals surface area (Å²) in [5, 5.41) is 12.1. The summed E-state index contributed by atoms with van der Waals surface area (Å²) in [4.78, 5) is 29.5. The van der Waals surface area contributed by atoms with E-state index >= 15 is 0 Å². The second-order valence-electron chi connectivity index (χ2n) is 6.14. The summed E-state index contributed by atoms with van der Waals surface area (Å²) in [5.74, 6) is 0.903. The van der Waals surface area contributed by atoms with Crippen LogP contribution < -0.4 is 10.9 Å². The molecule has 0 aliphatic heterocycles. The Hall–Kier alpha value is -1.85. The fourth-order valence-corrected chi connectivity index (χ4v) is 2.24. The van der Waals surface area contributed by atoms with Crippen molar-refractivity contribution in [3.8, 4) is 0 Å². The third-order valence-electron chi connectivity index (χ3n) is 3.15. The number of rotatable bonds is 8. The van der Waals surface area contributed by atoms with Gasteiger partial charge in [0.15, 0.2) is 0 Å². The number of carboxylic acid groups (broad SMARTS) is 1. The molecule has 6 heteroatoms. The van der Waals surface area contributed by atoms with Gasteiger partial charge in [-0.2, -0.15) is 0 Å². The minimum Gasteiger partial charge on any atom is -0.481 e. The van der Waals surface area contributed by atoms with Crippen molar-refractivity contribution in [2.45, 2.75) is 46.5 Å². The highest BCUT2D eigenvalue weighted by Crippen LogP contribution is 2.17. The zero-order valence-electron chi connectivity index (χ0n) is 13.1. The molecule has 118 valence electrons. The minimum absolute atomic E-state index is 0.0195. The maximum absolute atomic E-state index is 11.6. The maximum atomic E-state index is 11.6. The van der Waals surface area contributed by atoms with E-state index in [1.165, 1.54) is 6.07 Å². The zero-order chi connectivity index (χ0) is 16.0. The van der Waals surface area contributed by atoms with Gasteiger partial charge in [-0.25, -0.2) is 4.98 Å². The van der Waals surface area contributed by atoms with E-state index in [9.17, 15) is 9.59 Å². The van der Waals surface area contributed by atoms with E-state index in [-0.39, 0.29) is 23.8 Å². The first-order chi connectivity index (χ1) is 9.77. The van der Waals surface area contributed by atoms with Crippen molar-refractivity contribution >= 4 is 11.8 Å². The highest BCUT2D eigenvalue weighted by Gasteiger charge is 2.15. The number of nitrogens with one attached hydrogen (secondary N) is 2. The van der Waals surface area contributed by atoms with Gasteiger partial charge in [0.25, 0.3) is 5.56 Å². The van der Waals surface area contributed by atoms with Gasteiger partial charge in [0, 0.05) is 24.9 Å². The number of aliphatic carboxylic acids is 1. The molecule has 0 bridgehead atoms. The van der Waals surface area contributed by atoms with Gasteiger partial charge in [0.1, 0.15) is 11.6 Å². The van der Waals surface area contributed by atoms with Crippen LogP contribution in [-0.4, -0.2) is 27.6 Å². The molecule has 21 heavy (non-hydrogen) atoms. The Bertz CT molecular complexity index is 523. The molecule has 0 fully saturated rings. The van der Waals surface area contributed by atoms with Crippen LogP contribution in [0.25, 0.3) is 0 Å². The highest BCUT2D eigenvalue weighted by molar-refractivity contribution is 5.67. The molecule has 1 atom stereocenters. The van der Waals surface area contributed by atoms with Gasteiger partial charge in [-0.05, 0) is 18.3 Å². The van der Waals surface area contributed by atoms with E-state index < -0.39 is 5.97 Å². The van der Waals surface area contributed by atoms with Gasteiger partial charge in [0.2, 0.25) is 0 Å². The molecule has 1 rings (SSSR count). The molecule has 1 unspecified atom stereocenters. The third-order valence-corrected chi connectivity index (χ3v) is 3.15. The Morgan fingerprint density at radius 2 is 2.05 bits per heavy atom. The number of carboxylic acids is 1. The Morgan fingerprint density at radius 3 is 2.57 bits per heavy atom. The summed E-state index contributed by atoms with van der Waals surface area (Å²) in [6, 6.07) is 1.40. The molecular weight excluding hydrogens is 270 g/mol. The molecule has 0 aromatic carbocycles. The van der Waals surface area contributed by atoms with Gasteiger partial charge >= 0.3 is 5.97 Å². The molecule has 0 saturated carbocycles. The van der Waals surface area contributed by atoms with Crippen molar-refractivity contribution in [1.29, 1.82) is 0 Å². The molecule has 0 radical (unpaired) electrons. The summed E-state index contributed by atoms with van der Waals surface area (Å²) in [7, 11) is 0. The van der Waals surface area contributed by atoms with Gasteiger partial charge in [-0.3, -0.25) is 9.59 Å². The summed E-state index contributed by atoms with van der Waals surface area (Å²) >= 11 is 0. The molecule has 1 aromatic rings. The van der Waals surface area contributed by atoms with Crippen LogP contribution >= 0.6 is 0 Å². The van der Waals surface area contributed by atoms with Crippen molar-refractivity contribution < 1.29 is 9.90 Å². The molecule has 0 aliphatic carbocycles. The first kappa shape index (κ1) is 17.2. The molecule has 3 N–H and O–H groups in total. The maximum Gasteiger partial charge on any atom is 0.303 e. The largest absolute Gasteiger partial charge is 0.481 e. The Kier molecular flexibility index (Phi) is 6.39. The Labute approximate surface area is 125 Å². The minimum atomic E-state index is -0.802. The summed E-state index contributed by atoms with van der Waals surface area (Å²) in [5.41, 5.74) is -0.199. The summed E-state index contributed by atoms with van der Waals surface area (Å²) in [6.45, 7) is 8.54. The number of H-pyrrole nitrogens is 1. The molecule has 0 saturated heterocycles. The van der Waals surface area contributed by atoms with Crippen molar-refractivity contribution in [3.05, 3.63) is 22.2 Å². The Morgan fingerprint density at radius 1 is 1.38 bits per heavy atom. The average Bonchev–Trinajstić information content (AvgIpc) is 2.34. The van der Waals surface area contributed by atoms with E-state index in [1.54, 1.807) is 0 Å². The van der Waals surface area contributed by atoms with Crippen LogP contribution in [0.15, 0.2) is 10.9 Å². The first-order valence-electron chi connectivity index (χ1n) is 7.34. The van der Waals surface area contributed by atoms with Gasteiger partial charge in [0.05, 0.1) is 0 Å². The van der Waals surface area contributed by atoms with Crippen molar-refractivity contribution in [3.63, 3.8) is 0 Å². The average molecular weight is 295 g/mol. The molecule has 0 amide bonds. The number of hydrogen-bond acceptors (Lipinski definition) is 4. The second-order valence-corrected chi connectivity index (χ2v) is 6.14. The number of nitrogens with zero attached hydrogens (tertiary/aromatic N) is 1. The van der Waals surface area contributed by atoms with E-state index in [4.69, 9.17) is 5.11 Å². The van der Waals surface area contributed by atoms with Crippen LogP contribution in [-0.2, 0) is 4.79 Å². The lowest BCUT2D eigenvalue weighted by Gasteiger charge is -2.18. The number of carbonyl (C=O) groups is 1. The zero-order valence-corrected chi connectivity index (χ0v) is 13.1. The van der Waals surface area contributed by atoms with Crippen molar-refractivity contribution in [2.24, 2.45) is 11.8 Å². The number of aromatic amines is 1. The normalized spacial score (nSPS) is 12.7. The van der Waals surface area contributed by atoms with E-state index in [0.717, 1.165) is 6.42 Å². The standard InChI is InChI=1S/C15H25N3O3/c1-9(2)5-11(6-14(20)21)8-16-12-7-13(19)18-15(17-12)10(3)4/h7,9-11H,5-6,8H2,1-4H3,(H,20,21)(H2,16,17,18,19). The quantitative estimate of drug-likeness (QED) is 0.684. The Balaban J connectivity index is 2.74. The number of anilines is 1. The molecule has 0 aliphatic rings. The van der Waals surface area contributed by atoms with Crippen LogP contribution in [0.1, 0.15) is 52.3 Å². The first-order valence-corrected chi connectivity index (χ1v) is 7.34. The lowest BCUT2D eigenvalue weighted by Crippen LogP contribution is -2.22.